The van der Waals surface area contributed by atoms with Crippen LogP contribution in [0.3, 0.4) is 0 Å². The fraction of sp³-hybridized carbons (Fsp3) is 0.692. The molecule has 5 heteroatoms. The number of carboxylic acid groups (broad SMARTS) is 1. The van der Waals surface area contributed by atoms with Crippen molar-refractivity contribution in [1.82, 2.24) is 9.88 Å². The second kappa shape index (κ2) is 4.97. The number of aryl methyl sites for hydroxylation is 2. The quantitative estimate of drug-likeness (QED) is 0.915. The molecule has 1 saturated heterocycles. The molecule has 18 heavy (non-hydrogen) atoms. The first-order chi connectivity index (χ1) is 8.40. The maximum atomic E-state index is 11.1. The Morgan fingerprint density at radius 1 is 1.50 bits per heavy atom. The minimum atomic E-state index is -0.677. The Morgan fingerprint density at radius 3 is 2.61 bits per heavy atom. The van der Waals surface area contributed by atoms with Crippen LogP contribution in [0.15, 0.2) is 0 Å². The molecule has 1 aromatic rings. The minimum absolute atomic E-state index is 0.210. The molecule has 0 amide bonds. The number of nitrogens with zero attached hydrogens (tertiary/aromatic N) is 2. The predicted molar refractivity (Wildman–Crippen MR) is 71.9 cm³/mol. The van der Waals surface area contributed by atoms with E-state index in [4.69, 9.17) is 0 Å². The van der Waals surface area contributed by atoms with Gasteiger partial charge in [0.1, 0.15) is 0 Å². The number of carboxylic acids is 1. The monoisotopic (exact) mass is 268 g/mol. The normalized spacial score (nSPS) is 26.4. The molecule has 1 aliphatic heterocycles. The highest BCUT2D eigenvalue weighted by Crippen LogP contribution is 2.33. The first-order valence-electron chi connectivity index (χ1n) is 6.31. The summed E-state index contributed by atoms with van der Waals surface area (Å²) in [6.07, 6.45) is 0. The average Bonchev–Trinajstić information content (AvgIpc) is 2.81. The molecule has 2 heterocycles. The predicted octanol–water partition coefficient (Wildman–Crippen LogP) is 2.47. The largest absolute Gasteiger partial charge is 0.481 e. The molecule has 4 nitrogen and oxygen atoms in total. The number of aromatic nitrogens is 1. The second-order valence-electron chi connectivity index (χ2n) is 5.23. The van der Waals surface area contributed by atoms with E-state index in [-0.39, 0.29) is 17.9 Å². The van der Waals surface area contributed by atoms with Gasteiger partial charge in [-0.1, -0.05) is 6.92 Å². The number of aliphatic carboxylic acids is 1. The molecule has 1 N–H and O–H groups in total. The highest BCUT2D eigenvalue weighted by atomic mass is 32.1. The summed E-state index contributed by atoms with van der Waals surface area (Å²) in [5, 5.41) is 10.3. The van der Waals surface area contributed by atoms with Crippen LogP contribution >= 0.6 is 11.3 Å². The van der Waals surface area contributed by atoms with Crippen molar-refractivity contribution in [3.8, 4) is 0 Å². The highest BCUT2D eigenvalue weighted by Gasteiger charge is 2.37. The molecule has 3 atom stereocenters. The van der Waals surface area contributed by atoms with Gasteiger partial charge in [-0.2, -0.15) is 0 Å². The lowest BCUT2D eigenvalue weighted by molar-refractivity contribution is -0.142. The third-order valence-corrected chi connectivity index (χ3v) is 4.74. The topological polar surface area (TPSA) is 53.4 Å². The van der Waals surface area contributed by atoms with Gasteiger partial charge in [0.05, 0.1) is 22.7 Å². The van der Waals surface area contributed by atoms with Gasteiger partial charge in [0, 0.05) is 18.0 Å². The lowest BCUT2D eigenvalue weighted by Crippen LogP contribution is -2.26. The van der Waals surface area contributed by atoms with Crippen molar-refractivity contribution in [3.63, 3.8) is 0 Å². The number of likely N-dealkylation sites (tertiary alicyclic amines) is 1. The molecule has 0 saturated carbocycles. The van der Waals surface area contributed by atoms with Gasteiger partial charge in [0.2, 0.25) is 0 Å². The first-order valence-corrected chi connectivity index (χ1v) is 7.12. The van der Waals surface area contributed by atoms with Gasteiger partial charge in [-0.25, -0.2) is 4.98 Å². The molecular weight excluding hydrogens is 248 g/mol. The van der Waals surface area contributed by atoms with E-state index in [1.165, 1.54) is 4.88 Å². The summed E-state index contributed by atoms with van der Waals surface area (Å²) >= 11 is 1.71. The lowest BCUT2D eigenvalue weighted by Gasteiger charge is -2.23. The summed E-state index contributed by atoms with van der Waals surface area (Å²) in [4.78, 5) is 19.2. The van der Waals surface area contributed by atoms with Gasteiger partial charge < -0.3 is 5.11 Å². The van der Waals surface area contributed by atoms with Gasteiger partial charge in [-0.15, -0.1) is 11.3 Å². The number of hydrogen-bond donors (Lipinski definition) is 1. The smallest absolute Gasteiger partial charge is 0.308 e. The summed E-state index contributed by atoms with van der Waals surface area (Å²) in [5.41, 5.74) is 1.11. The van der Waals surface area contributed by atoms with E-state index in [2.05, 4.69) is 23.7 Å². The van der Waals surface area contributed by atoms with Crippen molar-refractivity contribution in [2.75, 3.05) is 13.1 Å². The Labute approximate surface area is 112 Å². The molecular formula is C13H20N2O2S. The van der Waals surface area contributed by atoms with Crippen LogP contribution < -0.4 is 0 Å². The molecule has 1 unspecified atom stereocenters. The fourth-order valence-corrected chi connectivity index (χ4v) is 3.66. The Kier molecular flexibility index (Phi) is 3.73. The van der Waals surface area contributed by atoms with Crippen LogP contribution in [0.5, 0.6) is 0 Å². The summed E-state index contributed by atoms with van der Waals surface area (Å²) in [7, 11) is 0. The summed E-state index contributed by atoms with van der Waals surface area (Å²) < 4.78 is 0. The van der Waals surface area contributed by atoms with E-state index in [1.807, 2.05) is 13.8 Å². The first kappa shape index (κ1) is 13.5. The summed E-state index contributed by atoms with van der Waals surface area (Å²) in [6.45, 7) is 9.72. The molecule has 0 spiro atoms. The van der Waals surface area contributed by atoms with E-state index < -0.39 is 5.97 Å². The molecule has 100 valence electrons. The van der Waals surface area contributed by atoms with Crippen LogP contribution in [-0.2, 0) is 4.79 Å². The van der Waals surface area contributed by atoms with Gasteiger partial charge in [-0.3, -0.25) is 9.69 Å². The number of rotatable bonds is 3. The number of hydrogen-bond acceptors (Lipinski definition) is 4. The van der Waals surface area contributed by atoms with Crippen molar-refractivity contribution < 1.29 is 9.90 Å². The van der Waals surface area contributed by atoms with Crippen molar-refractivity contribution in [3.05, 3.63) is 15.6 Å². The highest BCUT2D eigenvalue weighted by molar-refractivity contribution is 7.11. The van der Waals surface area contributed by atoms with E-state index in [0.29, 0.717) is 6.54 Å². The molecule has 0 aliphatic carbocycles. The van der Waals surface area contributed by atoms with Gasteiger partial charge in [0.25, 0.3) is 0 Å². The summed E-state index contributed by atoms with van der Waals surface area (Å²) in [5.74, 6) is -0.708. The number of carbonyl (C=O) groups is 1. The van der Waals surface area contributed by atoms with Crippen molar-refractivity contribution in [1.29, 1.82) is 0 Å². The van der Waals surface area contributed by atoms with E-state index >= 15 is 0 Å². The van der Waals surface area contributed by atoms with Crippen molar-refractivity contribution in [2.45, 2.75) is 33.7 Å². The van der Waals surface area contributed by atoms with Crippen molar-refractivity contribution >= 4 is 17.3 Å². The summed E-state index contributed by atoms with van der Waals surface area (Å²) in [6, 6.07) is 0.210. The lowest BCUT2D eigenvalue weighted by atomic mass is 9.99. The third kappa shape index (κ3) is 2.42. The van der Waals surface area contributed by atoms with Crippen molar-refractivity contribution in [2.24, 2.45) is 11.8 Å². The SMILES string of the molecule is Cc1nc(C(C)N2C[C@@H](C)[C@H](C(=O)O)C2)c(C)s1. The Morgan fingerprint density at radius 2 is 2.17 bits per heavy atom. The Hall–Kier alpha value is -0.940. The zero-order valence-electron chi connectivity index (χ0n) is 11.3. The standard InChI is InChI=1S/C13H20N2O2S/c1-7-5-15(6-11(7)13(16)17)8(2)12-9(3)18-10(4)14-12/h7-8,11H,5-6H2,1-4H3,(H,16,17)/t7-,8?,11-/m1/s1. The molecule has 0 radical (unpaired) electrons. The average molecular weight is 268 g/mol. The van der Waals surface area contributed by atoms with Gasteiger partial charge in [0.15, 0.2) is 0 Å². The minimum Gasteiger partial charge on any atom is -0.481 e. The molecule has 1 fully saturated rings. The van der Waals surface area contributed by atoms with Gasteiger partial charge in [-0.05, 0) is 26.7 Å². The number of thiazole rings is 1. The zero-order valence-corrected chi connectivity index (χ0v) is 12.1. The third-order valence-electron chi connectivity index (χ3n) is 3.84. The maximum absolute atomic E-state index is 11.1. The van der Waals surface area contributed by atoms with E-state index in [9.17, 15) is 9.90 Å². The maximum Gasteiger partial charge on any atom is 0.308 e. The molecule has 0 bridgehead atoms. The van der Waals surface area contributed by atoms with Gasteiger partial charge >= 0.3 is 5.97 Å². The fourth-order valence-electron chi connectivity index (χ4n) is 2.75. The van der Waals surface area contributed by atoms with Crippen LogP contribution in [0.2, 0.25) is 0 Å². The van der Waals surface area contributed by atoms with Crippen LogP contribution in [0.1, 0.15) is 35.5 Å². The van der Waals surface area contributed by atoms with Crippen LogP contribution in [0.25, 0.3) is 0 Å². The van der Waals surface area contributed by atoms with E-state index in [0.717, 1.165) is 17.2 Å². The van der Waals surface area contributed by atoms with E-state index in [1.54, 1.807) is 11.3 Å². The van der Waals surface area contributed by atoms with Crippen LogP contribution in [-0.4, -0.2) is 34.0 Å². The van der Waals surface area contributed by atoms with Crippen LogP contribution in [0, 0.1) is 25.7 Å². The Bertz CT molecular complexity index is 458. The molecule has 0 aromatic carbocycles. The zero-order chi connectivity index (χ0) is 13.4. The molecule has 1 aromatic heterocycles. The van der Waals surface area contributed by atoms with Crippen LogP contribution in [0.4, 0.5) is 0 Å². The molecule has 1 aliphatic rings. The Balaban J connectivity index is 2.14. The second-order valence-corrected chi connectivity index (χ2v) is 6.63. The molecule has 2 rings (SSSR count).